The number of rotatable bonds is 19. The van der Waals surface area contributed by atoms with Gasteiger partial charge in [-0.05, 0) is 73.4 Å². The van der Waals surface area contributed by atoms with Gasteiger partial charge in [0, 0.05) is 69.4 Å². The minimum absolute atomic E-state index is 0.0629. The van der Waals surface area contributed by atoms with Gasteiger partial charge in [-0.15, -0.1) is 6.58 Å². The van der Waals surface area contributed by atoms with E-state index in [1.54, 1.807) is 37.5 Å². The highest BCUT2D eigenvalue weighted by Crippen LogP contribution is 2.62. The molecule has 55 heavy (non-hydrogen) atoms. The molecule has 0 bridgehead atoms. The predicted molar refractivity (Wildman–Crippen MR) is 211 cm³/mol. The third-order valence-corrected chi connectivity index (χ3v) is 13.7. The predicted octanol–water partition coefficient (Wildman–Crippen LogP) is 5.51. The van der Waals surface area contributed by atoms with Crippen LogP contribution in [0, 0.1) is 17.8 Å². The van der Waals surface area contributed by atoms with Crippen LogP contribution in [-0.2, 0) is 19.6 Å². The van der Waals surface area contributed by atoms with E-state index in [2.05, 4.69) is 33.8 Å². The first-order chi connectivity index (χ1) is 26.8. The molecule has 3 heterocycles. The Bertz CT molecular complexity index is 2000. The number of benzene rings is 2. The lowest BCUT2D eigenvalue weighted by molar-refractivity contribution is -0.250. The van der Waals surface area contributed by atoms with E-state index in [0.29, 0.717) is 41.8 Å². The van der Waals surface area contributed by atoms with Crippen molar-refractivity contribution in [3.05, 3.63) is 84.6 Å². The monoisotopic (exact) mass is 774 g/mol. The van der Waals surface area contributed by atoms with Crippen LogP contribution in [0.2, 0.25) is 0 Å². The number of fused-ring (bicyclic) bond motifs is 3. The van der Waals surface area contributed by atoms with Crippen molar-refractivity contribution in [1.82, 2.24) is 14.2 Å². The summed E-state index contributed by atoms with van der Waals surface area (Å²) in [4.78, 5) is 12.4. The number of aliphatic hydroxyl groups excluding tert-OH is 2. The minimum atomic E-state index is -4.20. The minimum Gasteiger partial charge on any atom is -0.492 e. The van der Waals surface area contributed by atoms with Crippen molar-refractivity contribution in [3.8, 4) is 11.5 Å². The molecule has 1 saturated heterocycles. The van der Waals surface area contributed by atoms with Crippen LogP contribution in [0.4, 0.5) is 0 Å². The maximum absolute atomic E-state index is 14.9. The van der Waals surface area contributed by atoms with Crippen molar-refractivity contribution >= 4 is 26.6 Å². The SMILES string of the molecule is C=CCO[C@@]12Oc3ccc(OCCN4CC4)cc3[C@H]3[C@H](CCCCO)[C@@H](CCCCO)C=C(C(=NOC)C[C@@H]1N(C)S(=O)(=O)c1cccc4cccnc14)[C@H]32. The summed E-state index contributed by atoms with van der Waals surface area (Å²) in [7, 11) is -1.11. The molecule has 296 valence electrons. The molecule has 0 spiro atoms. The zero-order valence-electron chi connectivity index (χ0n) is 31.9. The molecule has 2 aliphatic heterocycles. The fourth-order valence-corrected chi connectivity index (χ4v) is 10.6. The number of aliphatic hydroxyl groups is 2. The molecule has 13 heteroatoms. The molecule has 2 N–H and O–H groups in total. The Labute approximate surface area is 324 Å². The number of pyridine rings is 1. The van der Waals surface area contributed by atoms with Crippen LogP contribution in [0.15, 0.2) is 89.1 Å². The van der Waals surface area contributed by atoms with E-state index in [4.69, 9.17) is 19.0 Å². The van der Waals surface area contributed by atoms with Crippen LogP contribution in [-0.4, -0.2) is 111 Å². The number of nitrogens with zero attached hydrogens (tertiary/aromatic N) is 4. The number of oxime groups is 1. The van der Waals surface area contributed by atoms with E-state index < -0.39 is 27.8 Å². The highest BCUT2D eigenvalue weighted by molar-refractivity contribution is 7.89. The van der Waals surface area contributed by atoms with Crippen molar-refractivity contribution in [2.75, 3.05) is 60.2 Å². The van der Waals surface area contributed by atoms with Crippen molar-refractivity contribution in [3.63, 3.8) is 0 Å². The van der Waals surface area contributed by atoms with Gasteiger partial charge in [-0.25, -0.2) is 8.42 Å². The van der Waals surface area contributed by atoms with E-state index in [1.165, 1.54) is 11.4 Å². The Balaban J connectivity index is 1.42. The Morgan fingerprint density at radius 3 is 2.62 bits per heavy atom. The average molecular weight is 775 g/mol. The number of ether oxygens (including phenoxy) is 3. The summed E-state index contributed by atoms with van der Waals surface area (Å²) in [5.74, 6) is -0.698. The summed E-state index contributed by atoms with van der Waals surface area (Å²) in [6, 6.07) is 13.8. The Kier molecular flexibility index (Phi) is 12.3. The van der Waals surface area contributed by atoms with Crippen molar-refractivity contribution in [2.24, 2.45) is 22.9 Å². The van der Waals surface area contributed by atoms with E-state index in [9.17, 15) is 18.6 Å². The first-order valence-corrected chi connectivity index (χ1v) is 21.0. The molecule has 1 aromatic heterocycles. The molecule has 2 aliphatic carbocycles. The average Bonchev–Trinajstić information content (AvgIpc) is 4.03. The summed E-state index contributed by atoms with van der Waals surface area (Å²) >= 11 is 0. The van der Waals surface area contributed by atoms with Crippen molar-refractivity contribution in [1.29, 1.82) is 0 Å². The normalized spacial score (nSPS) is 26.6. The van der Waals surface area contributed by atoms with E-state index in [1.807, 2.05) is 24.3 Å². The van der Waals surface area contributed by atoms with Gasteiger partial charge >= 0.3 is 0 Å². The summed E-state index contributed by atoms with van der Waals surface area (Å²) in [6.45, 7) is 7.89. The standard InChI is InChI=1S/C42H54N4O8S/c1-4-24-53-42-38(45(2)55(49,50)37-15-9-12-29-13-10-18-43-41(29)37)28-35(44-51-3)33-26-30(11-5-7-22-47)32(14-6-8-23-48)39(40(33)42)34-27-31(16-17-36(34)54-42)52-25-21-46-19-20-46/h4,9-10,12-13,15-18,26-27,30,32,38-40,47-48H,1,5-8,11,14,19-25,28H2,2-3H3/t30-,32+,38-,39+,40+,42+/m0/s1. The molecule has 4 aliphatic rings. The Morgan fingerprint density at radius 2 is 1.87 bits per heavy atom. The van der Waals surface area contributed by atoms with E-state index >= 15 is 0 Å². The molecular weight excluding hydrogens is 721 g/mol. The van der Waals surface area contributed by atoms with Crippen LogP contribution in [0.1, 0.15) is 56.4 Å². The van der Waals surface area contributed by atoms with Crippen LogP contribution < -0.4 is 9.47 Å². The highest BCUT2D eigenvalue weighted by Gasteiger charge is 2.65. The largest absolute Gasteiger partial charge is 0.492 e. The Hall–Kier alpha value is -3.85. The first kappa shape index (κ1) is 39.4. The molecule has 7 rings (SSSR count). The van der Waals surface area contributed by atoms with Gasteiger partial charge in [0.1, 0.15) is 30.1 Å². The number of para-hydroxylation sites is 1. The van der Waals surface area contributed by atoms with Gasteiger partial charge in [0.25, 0.3) is 0 Å². The first-order valence-electron chi connectivity index (χ1n) is 19.6. The van der Waals surface area contributed by atoms with Gasteiger partial charge < -0.3 is 29.3 Å². The topological polar surface area (TPSA) is 143 Å². The molecule has 2 fully saturated rings. The second-order valence-corrected chi connectivity index (χ2v) is 17.0. The zero-order valence-corrected chi connectivity index (χ0v) is 32.7. The molecule has 1 saturated carbocycles. The molecule has 0 amide bonds. The number of hydrogen-bond acceptors (Lipinski definition) is 11. The van der Waals surface area contributed by atoms with Crippen LogP contribution in [0.25, 0.3) is 10.9 Å². The van der Waals surface area contributed by atoms with Gasteiger partial charge in [0.2, 0.25) is 15.8 Å². The van der Waals surface area contributed by atoms with Gasteiger partial charge in [0.05, 0.1) is 29.8 Å². The summed E-state index contributed by atoms with van der Waals surface area (Å²) in [5.41, 5.74) is 2.90. The summed E-state index contributed by atoms with van der Waals surface area (Å²) in [6.07, 6.45) is 10.3. The molecule has 6 atom stereocenters. The number of aromatic nitrogens is 1. The smallest absolute Gasteiger partial charge is 0.245 e. The Morgan fingerprint density at radius 1 is 1.09 bits per heavy atom. The number of allylic oxidation sites excluding steroid dienone is 1. The molecule has 3 aromatic rings. The van der Waals surface area contributed by atoms with Gasteiger partial charge in [-0.3, -0.25) is 9.88 Å². The van der Waals surface area contributed by atoms with E-state index in [0.717, 1.165) is 62.2 Å². The third kappa shape index (κ3) is 7.79. The zero-order chi connectivity index (χ0) is 38.6. The molecule has 0 radical (unpaired) electrons. The lowest BCUT2D eigenvalue weighted by Crippen LogP contribution is -2.69. The third-order valence-electron chi connectivity index (χ3n) is 11.8. The molecule has 12 nitrogen and oxygen atoms in total. The fraction of sp³-hybridized carbons (Fsp3) is 0.524. The maximum atomic E-state index is 14.9. The van der Waals surface area contributed by atoms with Gasteiger partial charge in [0.15, 0.2) is 0 Å². The second-order valence-electron chi connectivity index (χ2n) is 15.0. The molecule has 2 aromatic carbocycles. The van der Waals surface area contributed by atoms with Crippen molar-refractivity contribution in [2.45, 2.75) is 67.6 Å². The lowest BCUT2D eigenvalue weighted by Gasteiger charge is -2.59. The second kappa shape index (κ2) is 17.1. The van der Waals surface area contributed by atoms with Crippen LogP contribution >= 0.6 is 0 Å². The maximum Gasteiger partial charge on any atom is 0.245 e. The molecule has 0 unspecified atom stereocenters. The fourth-order valence-electron chi connectivity index (χ4n) is 9.10. The summed E-state index contributed by atoms with van der Waals surface area (Å²) in [5, 5.41) is 24.9. The quantitative estimate of drug-likeness (QED) is 0.0693. The lowest BCUT2D eigenvalue weighted by atomic mass is 9.55. The molecular formula is C42H54N4O8S. The highest BCUT2D eigenvalue weighted by atomic mass is 32.2. The number of likely N-dealkylation sites (N-methyl/N-ethyl adjacent to an activating group) is 1. The number of sulfonamides is 1. The summed E-state index contributed by atoms with van der Waals surface area (Å²) < 4.78 is 51.7. The van der Waals surface area contributed by atoms with Crippen molar-refractivity contribution < 1.29 is 37.7 Å². The number of hydrogen-bond donors (Lipinski definition) is 2. The number of unbranched alkanes of at least 4 members (excludes halogenated alkanes) is 2. The van der Waals surface area contributed by atoms with Crippen LogP contribution in [0.5, 0.6) is 11.5 Å². The van der Waals surface area contributed by atoms with Gasteiger partial charge in [-0.1, -0.05) is 48.3 Å². The van der Waals surface area contributed by atoms with Crippen LogP contribution in [0.3, 0.4) is 0 Å². The van der Waals surface area contributed by atoms with E-state index in [-0.39, 0.29) is 48.9 Å². The van der Waals surface area contributed by atoms with Gasteiger partial charge in [-0.2, -0.15) is 4.31 Å².